The molecule has 4 heteroatoms. The van der Waals surface area contributed by atoms with Crippen LogP contribution in [0.1, 0.15) is 0 Å². The fourth-order valence-electron chi connectivity index (χ4n) is 5.81. The molecule has 5 aromatic carbocycles. The molecule has 0 radical (unpaired) electrons. The first-order valence-electron chi connectivity index (χ1n) is 11.3. The van der Waals surface area contributed by atoms with Gasteiger partial charge in [-0.2, -0.15) is 0 Å². The molecule has 0 N–H and O–H groups in total. The Bertz CT molecular complexity index is 1950. The van der Waals surface area contributed by atoms with Crippen LogP contribution in [0.4, 0.5) is 0 Å². The van der Waals surface area contributed by atoms with Gasteiger partial charge in [-0.3, -0.25) is 0 Å². The normalized spacial score (nSPS) is 12.4. The Morgan fingerprint density at radius 2 is 0.941 bits per heavy atom. The first-order chi connectivity index (χ1) is 16.7. The maximum Gasteiger partial charge on any atom is 0.0622 e. The predicted octanol–water partition coefficient (Wildman–Crippen LogP) is 9.46. The van der Waals surface area contributed by atoms with Crippen molar-refractivity contribution in [3.63, 3.8) is 0 Å². The number of aromatic nitrogens is 2. The van der Waals surface area contributed by atoms with Gasteiger partial charge < -0.3 is 8.97 Å². The minimum Gasteiger partial charge on any atom is -0.309 e. The number of hydrogen-bond acceptors (Lipinski definition) is 0. The molecule has 0 saturated carbocycles. The first-order valence-corrected chi connectivity index (χ1v) is 12.8. The standard InChI is InChI=1S/C30H16Br2N2/c31-17-9-11-28-22(13-17)23-14-18(32)10-12-29(23)33(28)19-15-24-20-5-1-3-7-26(20)34-27-8-4-2-6-21(27)25(16-19)30(24)34/h1-16H. The number of halogens is 2. The van der Waals surface area contributed by atoms with E-state index in [9.17, 15) is 0 Å². The summed E-state index contributed by atoms with van der Waals surface area (Å²) in [5.74, 6) is 0. The van der Waals surface area contributed by atoms with Gasteiger partial charge in [0.1, 0.15) is 0 Å². The van der Waals surface area contributed by atoms with Gasteiger partial charge in [-0.15, -0.1) is 0 Å². The second-order valence-electron chi connectivity index (χ2n) is 8.92. The monoisotopic (exact) mass is 562 g/mol. The van der Waals surface area contributed by atoms with Gasteiger partial charge in [0.05, 0.1) is 27.6 Å². The molecule has 0 aliphatic carbocycles. The lowest BCUT2D eigenvalue weighted by molar-refractivity contribution is 1.19. The molecule has 0 spiro atoms. The average molecular weight is 564 g/mol. The van der Waals surface area contributed by atoms with Crippen LogP contribution >= 0.6 is 31.9 Å². The van der Waals surface area contributed by atoms with Gasteiger partial charge in [-0.25, -0.2) is 0 Å². The molecule has 34 heavy (non-hydrogen) atoms. The summed E-state index contributed by atoms with van der Waals surface area (Å²) in [5, 5.41) is 7.66. The highest BCUT2D eigenvalue weighted by atomic mass is 79.9. The minimum absolute atomic E-state index is 1.09. The van der Waals surface area contributed by atoms with Crippen molar-refractivity contribution in [3.8, 4) is 5.69 Å². The Morgan fingerprint density at radius 1 is 0.441 bits per heavy atom. The van der Waals surface area contributed by atoms with Crippen LogP contribution in [0.2, 0.25) is 0 Å². The van der Waals surface area contributed by atoms with Gasteiger partial charge in [0.2, 0.25) is 0 Å². The molecule has 8 aromatic rings. The van der Waals surface area contributed by atoms with E-state index in [2.05, 4.69) is 138 Å². The van der Waals surface area contributed by atoms with Crippen LogP contribution in [0, 0.1) is 0 Å². The highest BCUT2D eigenvalue weighted by Crippen LogP contribution is 2.42. The van der Waals surface area contributed by atoms with Crippen LogP contribution in [0.15, 0.2) is 106 Å². The molecule has 0 fully saturated rings. The third-order valence-corrected chi connectivity index (χ3v) is 8.12. The topological polar surface area (TPSA) is 9.34 Å². The summed E-state index contributed by atoms with van der Waals surface area (Å²) >= 11 is 7.36. The zero-order valence-electron chi connectivity index (χ0n) is 17.9. The Balaban J connectivity index is 1.62. The van der Waals surface area contributed by atoms with E-state index in [1.54, 1.807) is 0 Å². The van der Waals surface area contributed by atoms with Crippen LogP contribution in [0.25, 0.3) is 65.6 Å². The van der Waals surface area contributed by atoms with Crippen molar-refractivity contribution >= 4 is 91.8 Å². The summed E-state index contributed by atoms with van der Waals surface area (Å²) in [6.45, 7) is 0. The highest BCUT2D eigenvalue weighted by molar-refractivity contribution is 9.10. The lowest BCUT2D eigenvalue weighted by Gasteiger charge is -2.09. The second kappa shape index (κ2) is 6.62. The third-order valence-electron chi connectivity index (χ3n) is 7.14. The summed E-state index contributed by atoms with van der Waals surface area (Å²) in [4.78, 5) is 0. The van der Waals surface area contributed by atoms with E-state index in [4.69, 9.17) is 0 Å². The maximum absolute atomic E-state index is 3.68. The molecule has 0 unspecified atom stereocenters. The van der Waals surface area contributed by atoms with Gasteiger partial charge >= 0.3 is 0 Å². The molecule has 160 valence electrons. The Morgan fingerprint density at radius 3 is 1.47 bits per heavy atom. The summed E-state index contributed by atoms with van der Waals surface area (Å²) in [6.07, 6.45) is 0. The number of para-hydroxylation sites is 2. The molecule has 8 rings (SSSR count). The van der Waals surface area contributed by atoms with E-state index in [1.165, 1.54) is 65.6 Å². The Labute approximate surface area is 211 Å². The third kappa shape index (κ3) is 2.35. The minimum atomic E-state index is 1.09. The molecule has 0 atom stereocenters. The molecular formula is C30H16Br2N2. The molecule has 2 nitrogen and oxygen atoms in total. The summed E-state index contributed by atoms with van der Waals surface area (Å²) in [6, 6.07) is 35.4. The van der Waals surface area contributed by atoms with Crippen molar-refractivity contribution in [1.29, 1.82) is 0 Å². The van der Waals surface area contributed by atoms with E-state index in [0.717, 1.165) is 8.95 Å². The first kappa shape index (κ1) is 19.0. The van der Waals surface area contributed by atoms with Gasteiger partial charge in [-0.1, -0.05) is 68.3 Å². The zero-order valence-corrected chi connectivity index (χ0v) is 21.1. The quantitative estimate of drug-likeness (QED) is 0.188. The molecule has 3 heterocycles. The number of nitrogens with zero attached hydrogens (tertiary/aromatic N) is 2. The molecule has 0 aliphatic heterocycles. The predicted molar refractivity (Wildman–Crippen MR) is 151 cm³/mol. The second-order valence-corrected chi connectivity index (χ2v) is 10.7. The lowest BCUT2D eigenvalue weighted by Crippen LogP contribution is -1.93. The van der Waals surface area contributed by atoms with Crippen molar-refractivity contribution in [2.24, 2.45) is 0 Å². The van der Waals surface area contributed by atoms with E-state index in [0.29, 0.717) is 0 Å². The Kier molecular flexibility index (Phi) is 3.70. The molecule has 3 aromatic heterocycles. The van der Waals surface area contributed by atoms with Crippen LogP contribution in [0.5, 0.6) is 0 Å². The van der Waals surface area contributed by atoms with Gasteiger partial charge in [0, 0.05) is 47.0 Å². The van der Waals surface area contributed by atoms with Crippen LogP contribution in [0.3, 0.4) is 0 Å². The summed E-state index contributed by atoms with van der Waals surface area (Å²) in [7, 11) is 0. The van der Waals surface area contributed by atoms with Crippen molar-refractivity contribution < 1.29 is 0 Å². The van der Waals surface area contributed by atoms with E-state index in [-0.39, 0.29) is 0 Å². The van der Waals surface area contributed by atoms with Crippen molar-refractivity contribution in [3.05, 3.63) is 106 Å². The van der Waals surface area contributed by atoms with E-state index in [1.807, 2.05) is 0 Å². The van der Waals surface area contributed by atoms with Gasteiger partial charge in [0.25, 0.3) is 0 Å². The molecule has 0 amide bonds. The number of rotatable bonds is 1. The lowest BCUT2D eigenvalue weighted by atomic mass is 10.1. The number of benzene rings is 5. The molecular weight excluding hydrogens is 548 g/mol. The van der Waals surface area contributed by atoms with E-state index >= 15 is 0 Å². The van der Waals surface area contributed by atoms with Gasteiger partial charge in [0.15, 0.2) is 0 Å². The fourth-order valence-corrected chi connectivity index (χ4v) is 6.53. The largest absolute Gasteiger partial charge is 0.309 e. The summed E-state index contributed by atoms with van der Waals surface area (Å²) in [5.41, 5.74) is 7.42. The fraction of sp³-hybridized carbons (Fsp3) is 0. The average Bonchev–Trinajstić information content (AvgIpc) is 3.48. The molecule has 0 bridgehead atoms. The maximum atomic E-state index is 3.68. The van der Waals surface area contributed by atoms with Crippen LogP contribution in [-0.2, 0) is 0 Å². The molecule has 0 aliphatic rings. The van der Waals surface area contributed by atoms with Gasteiger partial charge in [-0.05, 0) is 60.7 Å². The SMILES string of the molecule is Brc1ccc2c(c1)c1cc(Br)ccc1n2-c1cc2c3ccccc3n3c4ccccc4c(c1)c23. The Hall–Kier alpha value is -3.34. The van der Waals surface area contributed by atoms with Crippen LogP contribution < -0.4 is 0 Å². The van der Waals surface area contributed by atoms with Crippen molar-refractivity contribution in [2.75, 3.05) is 0 Å². The smallest absolute Gasteiger partial charge is 0.0622 e. The number of hydrogen-bond donors (Lipinski definition) is 0. The zero-order chi connectivity index (χ0) is 22.6. The van der Waals surface area contributed by atoms with E-state index < -0.39 is 0 Å². The van der Waals surface area contributed by atoms with Crippen LogP contribution in [-0.4, -0.2) is 8.97 Å². The van der Waals surface area contributed by atoms with Crippen molar-refractivity contribution in [2.45, 2.75) is 0 Å². The summed E-state index contributed by atoms with van der Waals surface area (Å²) < 4.78 is 7.02. The number of fused-ring (bicyclic) bond motifs is 9. The highest BCUT2D eigenvalue weighted by Gasteiger charge is 2.20. The van der Waals surface area contributed by atoms with Crippen molar-refractivity contribution in [1.82, 2.24) is 8.97 Å². The molecule has 0 saturated heterocycles.